The lowest BCUT2D eigenvalue weighted by Gasteiger charge is -2.18. The summed E-state index contributed by atoms with van der Waals surface area (Å²) in [6, 6.07) is 4.34. The summed E-state index contributed by atoms with van der Waals surface area (Å²) in [5.41, 5.74) is 4.16. The van der Waals surface area contributed by atoms with Gasteiger partial charge in [0.05, 0.1) is 6.61 Å². The molecule has 0 spiro atoms. The predicted molar refractivity (Wildman–Crippen MR) is 79.5 cm³/mol. The second kappa shape index (κ2) is 7.25. The zero-order chi connectivity index (χ0) is 13.5. The monoisotopic (exact) mass is 246 g/mol. The van der Waals surface area contributed by atoms with E-state index >= 15 is 0 Å². The number of rotatable bonds is 6. The van der Waals surface area contributed by atoms with Crippen molar-refractivity contribution in [3.8, 4) is 5.75 Å². The SMILES string of the molecule is C/C=C\CC(C)c1c(C)cc(OCCC)cc1C. The first kappa shape index (κ1) is 14.8. The van der Waals surface area contributed by atoms with Gasteiger partial charge < -0.3 is 4.74 Å². The molecule has 0 heterocycles. The highest BCUT2D eigenvalue weighted by molar-refractivity contribution is 5.43. The Morgan fingerprint density at radius 2 is 1.83 bits per heavy atom. The minimum Gasteiger partial charge on any atom is -0.494 e. The molecule has 0 saturated carbocycles. The van der Waals surface area contributed by atoms with Gasteiger partial charge in [-0.15, -0.1) is 0 Å². The molecule has 0 bridgehead atoms. The molecule has 1 aromatic carbocycles. The number of benzene rings is 1. The normalized spacial score (nSPS) is 12.9. The number of ether oxygens (including phenoxy) is 1. The Kier molecular flexibility index (Phi) is 5.97. The van der Waals surface area contributed by atoms with Gasteiger partial charge in [-0.3, -0.25) is 0 Å². The summed E-state index contributed by atoms with van der Waals surface area (Å²) in [6.07, 6.45) is 6.52. The van der Waals surface area contributed by atoms with Crippen molar-refractivity contribution in [1.29, 1.82) is 0 Å². The Bertz CT molecular complexity index is 381. The lowest BCUT2D eigenvalue weighted by molar-refractivity contribution is 0.317. The van der Waals surface area contributed by atoms with Crippen LogP contribution in [0.15, 0.2) is 24.3 Å². The average Bonchev–Trinajstić information content (AvgIpc) is 2.33. The van der Waals surface area contributed by atoms with Crippen LogP contribution in [-0.2, 0) is 0 Å². The second-order valence-corrected chi connectivity index (χ2v) is 5.02. The maximum Gasteiger partial charge on any atom is 0.119 e. The summed E-state index contributed by atoms with van der Waals surface area (Å²) in [5, 5.41) is 0. The van der Waals surface area contributed by atoms with Gasteiger partial charge in [0.25, 0.3) is 0 Å². The highest BCUT2D eigenvalue weighted by atomic mass is 16.5. The Hall–Kier alpha value is -1.24. The van der Waals surface area contributed by atoms with Gasteiger partial charge in [0.1, 0.15) is 5.75 Å². The molecule has 1 aromatic rings. The van der Waals surface area contributed by atoms with Gasteiger partial charge in [-0.1, -0.05) is 26.0 Å². The van der Waals surface area contributed by atoms with Gasteiger partial charge in [-0.25, -0.2) is 0 Å². The van der Waals surface area contributed by atoms with Gasteiger partial charge in [-0.05, 0) is 68.4 Å². The van der Waals surface area contributed by atoms with Crippen LogP contribution < -0.4 is 4.74 Å². The van der Waals surface area contributed by atoms with E-state index in [-0.39, 0.29) is 0 Å². The van der Waals surface area contributed by atoms with Crippen LogP contribution in [0.5, 0.6) is 5.75 Å². The Balaban J connectivity index is 2.93. The largest absolute Gasteiger partial charge is 0.494 e. The van der Waals surface area contributed by atoms with E-state index in [2.05, 4.69) is 58.9 Å². The van der Waals surface area contributed by atoms with Gasteiger partial charge >= 0.3 is 0 Å². The topological polar surface area (TPSA) is 9.23 Å². The molecule has 0 radical (unpaired) electrons. The van der Waals surface area contributed by atoms with Crippen LogP contribution >= 0.6 is 0 Å². The van der Waals surface area contributed by atoms with Crippen molar-refractivity contribution in [2.75, 3.05) is 6.61 Å². The highest BCUT2D eigenvalue weighted by Crippen LogP contribution is 2.30. The molecule has 1 nitrogen and oxygen atoms in total. The summed E-state index contributed by atoms with van der Waals surface area (Å²) in [4.78, 5) is 0. The molecule has 0 aliphatic heterocycles. The van der Waals surface area contributed by atoms with E-state index in [4.69, 9.17) is 4.74 Å². The van der Waals surface area contributed by atoms with Gasteiger partial charge in [-0.2, -0.15) is 0 Å². The molecule has 0 amide bonds. The Labute approximate surface area is 112 Å². The average molecular weight is 246 g/mol. The van der Waals surface area contributed by atoms with Crippen molar-refractivity contribution < 1.29 is 4.74 Å². The number of hydrogen-bond donors (Lipinski definition) is 0. The maximum atomic E-state index is 5.72. The Morgan fingerprint density at radius 3 is 2.33 bits per heavy atom. The fraction of sp³-hybridized carbons (Fsp3) is 0.529. The van der Waals surface area contributed by atoms with Crippen molar-refractivity contribution in [2.45, 2.75) is 53.4 Å². The van der Waals surface area contributed by atoms with Gasteiger partial charge in [0.2, 0.25) is 0 Å². The number of aryl methyl sites for hydroxylation is 2. The van der Waals surface area contributed by atoms with Crippen LogP contribution in [0.4, 0.5) is 0 Å². The summed E-state index contributed by atoms with van der Waals surface area (Å²) < 4.78 is 5.72. The number of allylic oxidation sites excluding steroid dienone is 2. The van der Waals surface area contributed by atoms with Crippen LogP contribution in [0.3, 0.4) is 0 Å². The quantitative estimate of drug-likeness (QED) is 0.630. The van der Waals surface area contributed by atoms with Crippen LogP contribution in [0.25, 0.3) is 0 Å². The molecular weight excluding hydrogens is 220 g/mol. The lowest BCUT2D eigenvalue weighted by Crippen LogP contribution is -2.02. The summed E-state index contributed by atoms with van der Waals surface area (Å²) >= 11 is 0. The van der Waals surface area contributed by atoms with E-state index in [1.807, 2.05) is 0 Å². The molecule has 1 rings (SSSR count). The first-order chi connectivity index (χ1) is 8.60. The lowest BCUT2D eigenvalue weighted by atomic mass is 9.89. The van der Waals surface area contributed by atoms with E-state index in [0.717, 1.165) is 25.2 Å². The van der Waals surface area contributed by atoms with E-state index in [0.29, 0.717) is 5.92 Å². The molecule has 0 saturated heterocycles. The second-order valence-electron chi connectivity index (χ2n) is 5.02. The minimum atomic E-state index is 0.571. The third-order valence-electron chi connectivity index (χ3n) is 3.26. The molecule has 1 heteroatoms. The molecular formula is C17H26O. The molecule has 0 aliphatic rings. The smallest absolute Gasteiger partial charge is 0.119 e. The van der Waals surface area contributed by atoms with Crippen molar-refractivity contribution in [1.82, 2.24) is 0 Å². The summed E-state index contributed by atoms with van der Waals surface area (Å²) in [5.74, 6) is 1.58. The van der Waals surface area contributed by atoms with Crippen LogP contribution in [0, 0.1) is 13.8 Å². The van der Waals surface area contributed by atoms with Crippen LogP contribution in [0.2, 0.25) is 0 Å². The van der Waals surface area contributed by atoms with Crippen molar-refractivity contribution >= 4 is 0 Å². The van der Waals surface area contributed by atoms with Crippen molar-refractivity contribution in [3.05, 3.63) is 41.0 Å². The first-order valence-electron chi connectivity index (χ1n) is 6.95. The van der Waals surface area contributed by atoms with Crippen molar-refractivity contribution in [3.63, 3.8) is 0 Å². The molecule has 1 atom stereocenters. The molecule has 0 aliphatic carbocycles. The third kappa shape index (κ3) is 3.90. The summed E-state index contributed by atoms with van der Waals surface area (Å²) in [7, 11) is 0. The van der Waals surface area contributed by atoms with Gasteiger partial charge in [0.15, 0.2) is 0 Å². The standard InChI is InChI=1S/C17H26O/c1-6-8-9-13(3)17-14(4)11-16(12-15(17)5)18-10-7-2/h6,8,11-13H,7,9-10H2,1-5H3/b8-6-. The van der Waals surface area contributed by atoms with Gasteiger partial charge in [0, 0.05) is 0 Å². The van der Waals surface area contributed by atoms with E-state index in [9.17, 15) is 0 Å². The molecule has 0 aromatic heterocycles. The highest BCUT2D eigenvalue weighted by Gasteiger charge is 2.11. The van der Waals surface area contributed by atoms with E-state index in [1.54, 1.807) is 0 Å². The van der Waals surface area contributed by atoms with E-state index < -0.39 is 0 Å². The zero-order valence-electron chi connectivity index (χ0n) is 12.4. The molecule has 0 fully saturated rings. The van der Waals surface area contributed by atoms with E-state index in [1.165, 1.54) is 16.7 Å². The molecule has 100 valence electrons. The fourth-order valence-electron chi connectivity index (χ4n) is 2.47. The molecule has 0 N–H and O–H groups in total. The fourth-order valence-corrected chi connectivity index (χ4v) is 2.47. The predicted octanol–water partition coefficient (Wildman–Crippen LogP) is 5.16. The number of hydrogen-bond acceptors (Lipinski definition) is 1. The Morgan fingerprint density at radius 1 is 1.22 bits per heavy atom. The first-order valence-corrected chi connectivity index (χ1v) is 6.95. The zero-order valence-corrected chi connectivity index (χ0v) is 12.4. The third-order valence-corrected chi connectivity index (χ3v) is 3.26. The summed E-state index contributed by atoms with van der Waals surface area (Å²) in [6.45, 7) is 11.7. The van der Waals surface area contributed by atoms with Crippen LogP contribution in [-0.4, -0.2) is 6.61 Å². The van der Waals surface area contributed by atoms with Crippen LogP contribution in [0.1, 0.15) is 56.2 Å². The maximum absolute atomic E-state index is 5.72. The minimum absolute atomic E-state index is 0.571. The molecule has 1 unspecified atom stereocenters. The molecule has 18 heavy (non-hydrogen) atoms. The van der Waals surface area contributed by atoms with Crippen molar-refractivity contribution in [2.24, 2.45) is 0 Å².